The van der Waals surface area contributed by atoms with Crippen molar-refractivity contribution in [3.05, 3.63) is 60.0 Å². The van der Waals surface area contributed by atoms with Crippen molar-refractivity contribution in [1.29, 1.82) is 0 Å². The zero-order valence-electron chi connectivity index (χ0n) is 11.5. The van der Waals surface area contributed by atoms with Gasteiger partial charge < -0.3 is 4.74 Å². The number of amides is 1. The van der Waals surface area contributed by atoms with E-state index in [9.17, 15) is 4.79 Å². The predicted octanol–water partition coefficient (Wildman–Crippen LogP) is 3.64. The van der Waals surface area contributed by atoms with Gasteiger partial charge in [-0.05, 0) is 23.8 Å². The van der Waals surface area contributed by atoms with Gasteiger partial charge in [0.2, 0.25) is 0 Å². The summed E-state index contributed by atoms with van der Waals surface area (Å²) in [6, 6.07) is 7.52. The monoisotopic (exact) mass is 317 g/mol. The molecular formula is C16H15NO2S2. The number of thiocarbonyl (C=S) groups is 1. The maximum atomic E-state index is 12.2. The first-order chi connectivity index (χ1) is 10.2. The van der Waals surface area contributed by atoms with Crippen LogP contribution in [0.5, 0.6) is 5.75 Å². The highest BCUT2D eigenvalue weighted by molar-refractivity contribution is 8.26. The number of benzene rings is 1. The van der Waals surface area contributed by atoms with Gasteiger partial charge in [-0.3, -0.25) is 9.69 Å². The molecule has 1 aromatic carbocycles. The number of hydrogen-bond donors (Lipinski definition) is 0. The van der Waals surface area contributed by atoms with Crippen molar-refractivity contribution < 1.29 is 9.53 Å². The summed E-state index contributed by atoms with van der Waals surface area (Å²) in [6.07, 6.45) is 5.19. The fraction of sp³-hybridized carbons (Fsp3) is 0.125. The minimum Gasteiger partial charge on any atom is -0.490 e. The Kier molecular flexibility index (Phi) is 5.36. The lowest BCUT2D eigenvalue weighted by Gasteiger charge is -2.10. The highest BCUT2D eigenvalue weighted by Gasteiger charge is 2.30. The van der Waals surface area contributed by atoms with Crippen LogP contribution in [-0.4, -0.2) is 28.3 Å². The quantitative estimate of drug-likeness (QED) is 0.455. The van der Waals surface area contributed by atoms with E-state index < -0.39 is 0 Å². The Balaban J connectivity index is 2.13. The zero-order chi connectivity index (χ0) is 15.2. The molecule has 1 fully saturated rings. The zero-order valence-corrected chi connectivity index (χ0v) is 13.1. The van der Waals surface area contributed by atoms with E-state index in [-0.39, 0.29) is 5.91 Å². The SMILES string of the molecule is C=CCOc1ccc(/C=C2\SC(=S)N(CC=C)C2=O)cc1. The molecule has 1 amide bonds. The molecule has 0 N–H and O–H groups in total. The molecule has 1 aliphatic heterocycles. The van der Waals surface area contributed by atoms with E-state index in [1.54, 1.807) is 17.1 Å². The van der Waals surface area contributed by atoms with Crippen molar-refractivity contribution >= 4 is 40.3 Å². The molecule has 2 rings (SSSR count). The van der Waals surface area contributed by atoms with Crippen molar-refractivity contribution in [2.45, 2.75) is 0 Å². The average Bonchev–Trinajstić information content (AvgIpc) is 2.75. The van der Waals surface area contributed by atoms with Crippen molar-refractivity contribution in [3.63, 3.8) is 0 Å². The molecule has 21 heavy (non-hydrogen) atoms. The second kappa shape index (κ2) is 7.24. The van der Waals surface area contributed by atoms with E-state index in [1.165, 1.54) is 11.8 Å². The van der Waals surface area contributed by atoms with Crippen LogP contribution in [0.3, 0.4) is 0 Å². The summed E-state index contributed by atoms with van der Waals surface area (Å²) in [5, 5.41) is 0. The van der Waals surface area contributed by atoms with E-state index in [4.69, 9.17) is 17.0 Å². The van der Waals surface area contributed by atoms with Crippen molar-refractivity contribution in [1.82, 2.24) is 4.90 Å². The molecule has 0 aliphatic carbocycles. The molecule has 0 unspecified atom stereocenters. The molecule has 108 valence electrons. The Bertz CT molecular complexity index is 605. The highest BCUT2D eigenvalue weighted by atomic mass is 32.2. The molecule has 0 aromatic heterocycles. The van der Waals surface area contributed by atoms with E-state index in [1.807, 2.05) is 30.3 Å². The summed E-state index contributed by atoms with van der Waals surface area (Å²) in [6.45, 7) is 8.15. The van der Waals surface area contributed by atoms with Gasteiger partial charge in [0.05, 0.1) is 4.91 Å². The Morgan fingerprint density at radius 2 is 1.95 bits per heavy atom. The van der Waals surface area contributed by atoms with Crippen LogP contribution in [-0.2, 0) is 4.79 Å². The summed E-state index contributed by atoms with van der Waals surface area (Å²) >= 11 is 6.51. The molecule has 0 atom stereocenters. The lowest BCUT2D eigenvalue weighted by molar-refractivity contribution is -0.121. The number of ether oxygens (including phenoxy) is 1. The topological polar surface area (TPSA) is 29.5 Å². The third-order valence-electron chi connectivity index (χ3n) is 2.73. The second-order valence-electron chi connectivity index (χ2n) is 4.25. The van der Waals surface area contributed by atoms with Crippen LogP contribution in [0.25, 0.3) is 6.08 Å². The van der Waals surface area contributed by atoms with E-state index >= 15 is 0 Å². The van der Waals surface area contributed by atoms with E-state index in [0.29, 0.717) is 22.4 Å². The van der Waals surface area contributed by atoms with Gasteiger partial charge in [0.1, 0.15) is 16.7 Å². The molecular weight excluding hydrogens is 302 g/mol. The predicted molar refractivity (Wildman–Crippen MR) is 92.2 cm³/mol. The largest absolute Gasteiger partial charge is 0.490 e. The fourth-order valence-corrected chi connectivity index (χ4v) is 3.03. The standard InChI is InChI=1S/C16H15NO2S2/c1-3-9-17-15(18)14(21-16(17)20)11-12-5-7-13(8-6-12)19-10-4-2/h3-8,11H,1-2,9-10H2/b14-11-. The van der Waals surface area contributed by atoms with E-state index in [2.05, 4.69) is 13.2 Å². The number of nitrogens with zero attached hydrogens (tertiary/aromatic N) is 1. The first kappa shape index (κ1) is 15.5. The Morgan fingerprint density at radius 1 is 1.24 bits per heavy atom. The van der Waals surface area contributed by atoms with Crippen LogP contribution in [0.15, 0.2) is 54.5 Å². The van der Waals surface area contributed by atoms with Crippen LogP contribution >= 0.6 is 24.0 Å². The minimum absolute atomic E-state index is 0.0723. The van der Waals surface area contributed by atoms with Crippen molar-refractivity contribution in [3.8, 4) is 5.75 Å². The number of carbonyl (C=O) groups excluding carboxylic acids is 1. The number of rotatable bonds is 6. The maximum absolute atomic E-state index is 12.2. The summed E-state index contributed by atoms with van der Waals surface area (Å²) in [5.74, 6) is 0.697. The average molecular weight is 317 g/mol. The lowest BCUT2D eigenvalue weighted by Crippen LogP contribution is -2.27. The van der Waals surface area contributed by atoms with Gasteiger partial charge in [0.15, 0.2) is 0 Å². The summed E-state index contributed by atoms with van der Waals surface area (Å²) in [4.78, 5) is 14.4. The first-order valence-electron chi connectivity index (χ1n) is 6.35. The molecule has 5 heteroatoms. The smallest absolute Gasteiger partial charge is 0.266 e. The molecule has 1 saturated heterocycles. The highest BCUT2D eigenvalue weighted by Crippen LogP contribution is 2.32. The molecule has 0 bridgehead atoms. The Hall–Kier alpha value is -1.85. The summed E-state index contributed by atoms with van der Waals surface area (Å²) in [5.41, 5.74) is 0.931. The van der Waals surface area contributed by atoms with Crippen LogP contribution in [0, 0.1) is 0 Å². The van der Waals surface area contributed by atoms with Gasteiger partial charge in [0, 0.05) is 6.54 Å². The fourth-order valence-electron chi connectivity index (χ4n) is 1.75. The number of carbonyl (C=O) groups is 1. The molecule has 0 saturated carbocycles. The second-order valence-corrected chi connectivity index (χ2v) is 5.93. The third kappa shape index (κ3) is 3.83. The molecule has 0 radical (unpaired) electrons. The number of thioether (sulfide) groups is 1. The Morgan fingerprint density at radius 3 is 2.57 bits per heavy atom. The van der Waals surface area contributed by atoms with Crippen LogP contribution in [0.1, 0.15) is 5.56 Å². The van der Waals surface area contributed by atoms with Gasteiger partial charge in [-0.1, -0.05) is 54.8 Å². The molecule has 0 spiro atoms. The summed E-state index contributed by atoms with van der Waals surface area (Å²) in [7, 11) is 0. The lowest BCUT2D eigenvalue weighted by atomic mass is 10.2. The van der Waals surface area contributed by atoms with Gasteiger partial charge in [0.25, 0.3) is 5.91 Å². The van der Waals surface area contributed by atoms with Gasteiger partial charge in [-0.2, -0.15) is 0 Å². The van der Waals surface area contributed by atoms with Crippen molar-refractivity contribution in [2.24, 2.45) is 0 Å². The maximum Gasteiger partial charge on any atom is 0.266 e. The normalized spacial score (nSPS) is 16.4. The minimum atomic E-state index is -0.0723. The van der Waals surface area contributed by atoms with Crippen molar-refractivity contribution in [2.75, 3.05) is 13.2 Å². The van der Waals surface area contributed by atoms with Gasteiger partial charge in [-0.25, -0.2) is 0 Å². The van der Waals surface area contributed by atoms with E-state index in [0.717, 1.165) is 11.3 Å². The Labute approximate surface area is 134 Å². The molecule has 1 aromatic rings. The van der Waals surface area contributed by atoms with Crippen LogP contribution < -0.4 is 4.74 Å². The number of hydrogen-bond acceptors (Lipinski definition) is 4. The van der Waals surface area contributed by atoms with Gasteiger partial charge >= 0.3 is 0 Å². The van der Waals surface area contributed by atoms with Crippen LogP contribution in [0.4, 0.5) is 0 Å². The molecule has 1 aliphatic rings. The summed E-state index contributed by atoms with van der Waals surface area (Å²) < 4.78 is 5.98. The van der Waals surface area contributed by atoms with Gasteiger partial charge in [-0.15, -0.1) is 6.58 Å². The first-order valence-corrected chi connectivity index (χ1v) is 7.58. The molecule has 3 nitrogen and oxygen atoms in total. The third-order valence-corrected chi connectivity index (χ3v) is 4.11. The molecule has 1 heterocycles. The van der Waals surface area contributed by atoms with Crippen LogP contribution in [0.2, 0.25) is 0 Å².